The molecule has 1 aromatic carbocycles. The van der Waals surface area contributed by atoms with E-state index in [0.717, 1.165) is 0 Å². The third-order valence-corrected chi connectivity index (χ3v) is 6.47. The highest BCUT2D eigenvalue weighted by atomic mass is 79.9. The van der Waals surface area contributed by atoms with Gasteiger partial charge >= 0.3 is 5.97 Å². The predicted octanol–water partition coefficient (Wildman–Crippen LogP) is 1.76. The minimum absolute atomic E-state index is 0.0593. The molecule has 0 spiro atoms. The molecule has 7 nitrogen and oxygen atoms in total. The van der Waals surface area contributed by atoms with E-state index >= 15 is 0 Å². The van der Waals surface area contributed by atoms with Crippen LogP contribution in [0.5, 0.6) is 5.75 Å². The van der Waals surface area contributed by atoms with Crippen molar-refractivity contribution in [2.45, 2.75) is 29.2 Å². The molecule has 146 valence electrons. The van der Waals surface area contributed by atoms with Crippen LogP contribution in [0.15, 0.2) is 30.3 Å². The first-order valence-corrected chi connectivity index (χ1v) is 10.4. The number of hydrogen-bond acceptors (Lipinski definition) is 6. The van der Waals surface area contributed by atoms with E-state index < -0.39 is 10.5 Å². The third kappa shape index (κ3) is 4.40. The van der Waals surface area contributed by atoms with Gasteiger partial charge in [-0.3, -0.25) is 9.59 Å². The number of β-lactam (4-membered cyclic amide) rings is 1. The number of benzene rings is 1. The summed E-state index contributed by atoms with van der Waals surface area (Å²) in [6.45, 7) is 1.69. The van der Waals surface area contributed by atoms with Crippen LogP contribution in [0.25, 0.3) is 0 Å². The first-order chi connectivity index (χ1) is 12.8. The molecule has 4 unspecified atom stereocenters. The van der Waals surface area contributed by atoms with Crippen molar-refractivity contribution in [1.29, 1.82) is 0 Å². The van der Waals surface area contributed by atoms with Crippen LogP contribution in [0.4, 0.5) is 0 Å². The number of amides is 2. The van der Waals surface area contributed by atoms with Gasteiger partial charge in [0.05, 0.1) is 22.8 Å². The van der Waals surface area contributed by atoms with Crippen molar-refractivity contribution in [2.24, 2.45) is 5.92 Å². The Hall–Kier alpha value is -1.74. The Morgan fingerprint density at radius 3 is 2.74 bits per heavy atom. The Morgan fingerprint density at radius 2 is 2.07 bits per heavy atom. The third-order valence-electron chi connectivity index (χ3n) is 4.54. The van der Waals surface area contributed by atoms with Crippen LogP contribution in [-0.4, -0.2) is 58.0 Å². The van der Waals surface area contributed by atoms with Crippen LogP contribution in [0.1, 0.15) is 13.3 Å². The van der Waals surface area contributed by atoms with Gasteiger partial charge in [0, 0.05) is 5.75 Å². The van der Waals surface area contributed by atoms with Crippen molar-refractivity contribution in [1.82, 2.24) is 10.2 Å². The van der Waals surface area contributed by atoms with Crippen LogP contribution >= 0.6 is 27.7 Å². The summed E-state index contributed by atoms with van der Waals surface area (Å²) < 4.78 is 9.45. The number of halogens is 1. The van der Waals surface area contributed by atoms with E-state index in [-0.39, 0.29) is 35.7 Å². The van der Waals surface area contributed by atoms with Gasteiger partial charge in [-0.05, 0) is 25.5 Å². The fourth-order valence-electron chi connectivity index (χ4n) is 3.31. The van der Waals surface area contributed by atoms with Gasteiger partial charge in [0.15, 0.2) is 6.61 Å². The molecule has 2 fully saturated rings. The van der Waals surface area contributed by atoms with E-state index in [1.165, 1.54) is 7.11 Å². The van der Waals surface area contributed by atoms with Crippen molar-refractivity contribution in [2.75, 3.05) is 19.5 Å². The van der Waals surface area contributed by atoms with Gasteiger partial charge in [-0.1, -0.05) is 34.1 Å². The average molecular weight is 457 g/mol. The number of nitrogens with zero attached hydrogens (tertiary/aromatic N) is 1. The van der Waals surface area contributed by atoms with Gasteiger partial charge in [-0.2, -0.15) is 0 Å². The summed E-state index contributed by atoms with van der Waals surface area (Å²) in [4.78, 5) is 38.0. The fraction of sp³-hybridized carbons (Fsp3) is 0.500. The molecule has 2 heterocycles. The fourth-order valence-corrected chi connectivity index (χ4v) is 5.41. The molecular formula is C18H21BrN2O5S. The lowest BCUT2D eigenvalue weighted by Gasteiger charge is -2.45. The quantitative estimate of drug-likeness (QED) is 0.291. The second-order valence-electron chi connectivity index (χ2n) is 6.67. The number of alkyl halides is 1. The second-order valence-corrected chi connectivity index (χ2v) is 9.57. The van der Waals surface area contributed by atoms with Crippen LogP contribution in [0.3, 0.4) is 0 Å². The molecule has 0 aliphatic carbocycles. The first kappa shape index (κ1) is 20.0. The van der Waals surface area contributed by atoms with Crippen molar-refractivity contribution >= 4 is 45.5 Å². The summed E-state index contributed by atoms with van der Waals surface area (Å²) in [5, 5.41) is 2.79. The molecule has 4 atom stereocenters. The Balaban J connectivity index is 1.51. The average Bonchev–Trinajstić information content (AvgIpc) is 3.05. The van der Waals surface area contributed by atoms with Crippen molar-refractivity contribution in [3.63, 3.8) is 0 Å². The van der Waals surface area contributed by atoms with Crippen LogP contribution < -0.4 is 10.1 Å². The standard InChI is InChI=1S/C18H21BrN2O5S/c1-18(19,20-14(22)9-26-11-6-4-3-5-7-11)8-12-15(23)21-13(17(24)25-2)10-27-16(12)21/h3-7,12-13,16H,8-10H2,1-2H3,(H,20,22). The lowest BCUT2D eigenvalue weighted by atomic mass is 9.89. The normalized spacial score (nSPS) is 25.8. The molecule has 1 aromatic rings. The Kier molecular flexibility index (Phi) is 6.00. The van der Waals surface area contributed by atoms with E-state index in [4.69, 9.17) is 9.47 Å². The monoisotopic (exact) mass is 456 g/mol. The van der Waals surface area contributed by atoms with Crippen molar-refractivity contribution in [3.05, 3.63) is 30.3 Å². The number of hydrogen-bond donors (Lipinski definition) is 1. The van der Waals surface area contributed by atoms with E-state index in [2.05, 4.69) is 21.2 Å². The summed E-state index contributed by atoms with van der Waals surface area (Å²) >= 11 is 5.08. The number of carbonyl (C=O) groups excluding carboxylic acids is 3. The molecule has 3 rings (SSSR count). The van der Waals surface area contributed by atoms with Gasteiger partial charge in [-0.15, -0.1) is 11.8 Å². The molecule has 0 aromatic heterocycles. The number of para-hydroxylation sites is 1. The zero-order valence-electron chi connectivity index (χ0n) is 15.0. The number of carbonyl (C=O) groups is 3. The predicted molar refractivity (Wildman–Crippen MR) is 104 cm³/mol. The lowest BCUT2D eigenvalue weighted by Crippen LogP contribution is -2.63. The molecule has 9 heteroatoms. The molecule has 0 radical (unpaired) electrons. The highest BCUT2D eigenvalue weighted by Gasteiger charge is 2.58. The minimum atomic E-state index is -0.750. The number of methoxy groups -OCH3 is 1. The minimum Gasteiger partial charge on any atom is -0.484 e. The maximum atomic E-state index is 12.5. The Morgan fingerprint density at radius 1 is 1.37 bits per heavy atom. The largest absolute Gasteiger partial charge is 0.484 e. The topological polar surface area (TPSA) is 84.9 Å². The molecule has 2 amide bonds. The Bertz CT molecular complexity index is 730. The molecule has 2 aliphatic heterocycles. The number of thioether (sulfide) groups is 1. The van der Waals surface area contributed by atoms with Gasteiger partial charge in [0.2, 0.25) is 5.91 Å². The summed E-state index contributed by atoms with van der Waals surface area (Å²) in [6.07, 6.45) is 0.422. The molecule has 2 aliphatic rings. The van der Waals surface area contributed by atoms with Crippen molar-refractivity contribution < 1.29 is 23.9 Å². The summed E-state index contributed by atoms with van der Waals surface area (Å²) in [5.74, 6) is 0.142. The van der Waals surface area contributed by atoms with Crippen LogP contribution in [-0.2, 0) is 19.1 Å². The number of rotatable bonds is 7. The highest BCUT2D eigenvalue weighted by Crippen LogP contribution is 2.47. The number of ether oxygens (including phenoxy) is 2. The van der Waals surface area contributed by atoms with Crippen LogP contribution in [0.2, 0.25) is 0 Å². The van der Waals surface area contributed by atoms with E-state index in [1.807, 2.05) is 18.2 Å². The molecule has 0 bridgehead atoms. The number of fused-ring (bicyclic) bond motifs is 1. The lowest BCUT2D eigenvalue weighted by molar-refractivity contribution is -0.163. The first-order valence-electron chi connectivity index (χ1n) is 8.52. The van der Waals surface area contributed by atoms with Gasteiger partial charge in [0.1, 0.15) is 11.8 Å². The number of nitrogens with one attached hydrogen (secondary N) is 1. The summed E-state index contributed by atoms with van der Waals surface area (Å²) in [6, 6.07) is 8.57. The zero-order valence-corrected chi connectivity index (χ0v) is 17.4. The number of esters is 1. The zero-order chi connectivity index (χ0) is 19.6. The summed E-state index contributed by atoms with van der Waals surface area (Å²) in [7, 11) is 1.32. The molecule has 1 N–H and O–H groups in total. The van der Waals surface area contributed by atoms with E-state index in [1.54, 1.807) is 35.7 Å². The smallest absolute Gasteiger partial charge is 0.329 e. The second kappa shape index (κ2) is 8.10. The van der Waals surface area contributed by atoms with Crippen LogP contribution in [0, 0.1) is 5.92 Å². The molecule has 27 heavy (non-hydrogen) atoms. The van der Waals surface area contributed by atoms with E-state index in [9.17, 15) is 14.4 Å². The molecule has 0 saturated carbocycles. The van der Waals surface area contributed by atoms with Crippen molar-refractivity contribution in [3.8, 4) is 5.75 Å². The SMILES string of the molecule is COC(=O)C1CSC2C(CC(C)(Br)NC(=O)COc3ccccc3)C(=O)N12. The van der Waals surface area contributed by atoms with Gasteiger partial charge in [0.25, 0.3) is 5.91 Å². The highest BCUT2D eigenvalue weighted by molar-refractivity contribution is 9.10. The van der Waals surface area contributed by atoms with Gasteiger partial charge in [-0.25, -0.2) is 4.79 Å². The maximum absolute atomic E-state index is 12.5. The summed E-state index contributed by atoms with van der Waals surface area (Å²) in [5.41, 5.74) is 0. The molecular weight excluding hydrogens is 436 g/mol. The Labute approximate surface area is 170 Å². The van der Waals surface area contributed by atoms with Gasteiger partial charge < -0.3 is 19.7 Å². The van der Waals surface area contributed by atoms with E-state index in [0.29, 0.717) is 17.9 Å². The molecule has 2 saturated heterocycles. The maximum Gasteiger partial charge on any atom is 0.329 e.